The lowest BCUT2D eigenvalue weighted by Crippen LogP contribution is -2.19. The van der Waals surface area contributed by atoms with E-state index in [1.807, 2.05) is 0 Å². The van der Waals surface area contributed by atoms with Crippen molar-refractivity contribution in [1.29, 1.82) is 0 Å². The molecular weight excluding hydrogens is 301 g/mol. The molecular formula is C12H10ClF3O4. The molecule has 1 aromatic rings. The second-order valence-electron chi connectivity index (χ2n) is 3.55. The maximum atomic E-state index is 11.9. The van der Waals surface area contributed by atoms with Crippen LogP contribution in [0.4, 0.5) is 13.2 Å². The van der Waals surface area contributed by atoms with E-state index in [1.165, 1.54) is 24.3 Å². The van der Waals surface area contributed by atoms with E-state index < -0.39 is 25.5 Å². The van der Waals surface area contributed by atoms with Gasteiger partial charge in [-0.25, -0.2) is 4.79 Å². The first kappa shape index (κ1) is 16.3. The van der Waals surface area contributed by atoms with Crippen molar-refractivity contribution in [2.45, 2.75) is 6.18 Å². The first-order chi connectivity index (χ1) is 9.29. The number of ether oxygens (including phenoxy) is 2. The number of halogens is 4. The third-order valence-electron chi connectivity index (χ3n) is 1.97. The summed E-state index contributed by atoms with van der Waals surface area (Å²) < 4.78 is 44.9. The van der Waals surface area contributed by atoms with Gasteiger partial charge in [0.1, 0.15) is 12.4 Å². The summed E-state index contributed by atoms with van der Waals surface area (Å²) in [6.07, 6.45) is -2.42. The van der Waals surface area contributed by atoms with Gasteiger partial charge in [0.15, 0.2) is 6.79 Å². The molecule has 1 rings (SSSR count). The molecule has 0 radical (unpaired) electrons. The molecule has 0 spiro atoms. The van der Waals surface area contributed by atoms with Crippen LogP contribution in [0.15, 0.2) is 24.3 Å². The fourth-order valence-corrected chi connectivity index (χ4v) is 1.45. The number of aliphatic carboxylic acids is 1. The van der Waals surface area contributed by atoms with Crippen molar-refractivity contribution in [2.24, 2.45) is 0 Å². The third-order valence-corrected chi connectivity index (χ3v) is 2.30. The molecule has 4 nitrogen and oxygen atoms in total. The van der Waals surface area contributed by atoms with Gasteiger partial charge in [-0.15, -0.1) is 0 Å². The SMILES string of the molecule is O=C(O)/C=C/c1c(Cl)cccc1OCOCC(F)(F)F. The zero-order valence-electron chi connectivity index (χ0n) is 9.98. The van der Waals surface area contributed by atoms with Crippen LogP contribution < -0.4 is 4.74 Å². The Morgan fingerprint density at radius 1 is 1.40 bits per heavy atom. The average Bonchev–Trinajstić information content (AvgIpc) is 2.32. The van der Waals surface area contributed by atoms with Gasteiger partial charge in [0.05, 0.1) is 5.02 Å². The standard InChI is InChI=1S/C12H10ClF3O4/c13-9-2-1-3-10(8(9)4-5-11(17)18)20-7-19-6-12(14,15)16/h1-5H,6-7H2,(H,17,18)/b5-4+. The van der Waals surface area contributed by atoms with E-state index in [9.17, 15) is 18.0 Å². The van der Waals surface area contributed by atoms with Crippen LogP contribution in [-0.2, 0) is 9.53 Å². The van der Waals surface area contributed by atoms with Crippen LogP contribution in [0, 0.1) is 0 Å². The van der Waals surface area contributed by atoms with Crippen molar-refractivity contribution < 1.29 is 32.5 Å². The zero-order valence-corrected chi connectivity index (χ0v) is 10.7. The van der Waals surface area contributed by atoms with Crippen LogP contribution in [0.25, 0.3) is 6.08 Å². The summed E-state index contributed by atoms with van der Waals surface area (Å²) in [5, 5.41) is 8.74. The molecule has 0 atom stereocenters. The molecule has 0 saturated heterocycles. The first-order valence-corrected chi connectivity index (χ1v) is 5.64. The smallest absolute Gasteiger partial charge is 0.411 e. The molecule has 0 heterocycles. The topological polar surface area (TPSA) is 55.8 Å². The fourth-order valence-electron chi connectivity index (χ4n) is 1.22. The molecule has 0 aromatic heterocycles. The second kappa shape index (κ2) is 7.16. The molecule has 0 aliphatic heterocycles. The second-order valence-corrected chi connectivity index (χ2v) is 3.96. The predicted molar refractivity (Wildman–Crippen MR) is 65.6 cm³/mol. The normalized spacial score (nSPS) is 11.8. The van der Waals surface area contributed by atoms with Crippen LogP contribution in [-0.4, -0.2) is 30.7 Å². The summed E-state index contributed by atoms with van der Waals surface area (Å²) in [7, 11) is 0. The molecule has 20 heavy (non-hydrogen) atoms. The Labute approximate surface area is 117 Å². The van der Waals surface area contributed by atoms with Crippen molar-refractivity contribution in [3.8, 4) is 5.75 Å². The average molecular weight is 311 g/mol. The molecule has 0 saturated carbocycles. The summed E-state index contributed by atoms with van der Waals surface area (Å²) in [5.41, 5.74) is 0.243. The van der Waals surface area contributed by atoms with Crippen molar-refractivity contribution in [3.63, 3.8) is 0 Å². The monoisotopic (exact) mass is 310 g/mol. The maximum absolute atomic E-state index is 11.9. The highest BCUT2D eigenvalue weighted by molar-refractivity contribution is 6.32. The number of carboxylic acid groups (broad SMARTS) is 1. The van der Waals surface area contributed by atoms with Gasteiger partial charge in [-0.1, -0.05) is 17.7 Å². The van der Waals surface area contributed by atoms with Gasteiger partial charge in [-0.05, 0) is 18.2 Å². The summed E-state index contributed by atoms with van der Waals surface area (Å²) in [5.74, 6) is -1.07. The van der Waals surface area contributed by atoms with Crippen LogP contribution in [0.3, 0.4) is 0 Å². The van der Waals surface area contributed by atoms with Crippen LogP contribution in [0.1, 0.15) is 5.56 Å². The molecule has 0 amide bonds. The highest BCUT2D eigenvalue weighted by Crippen LogP contribution is 2.28. The number of alkyl halides is 3. The van der Waals surface area contributed by atoms with Gasteiger partial charge >= 0.3 is 12.1 Å². The zero-order chi connectivity index (χ0) is 15.2. The lowest BCUT2D eigenvalue weighted by atomic mass is 10.2. The van der Waals surface area contributed by atoms with Gasteiger partial charge in [-0.3, -0.25) is 0 Å². The largest absolute Gasteiger partial charge is 0.478 e. The summed E-state index contributed by atoms with van der Waals surface area (Å²) >= 11 is 5.85. The number of rotatable bonds is 6. The van der Waals surface area contributed by atoms with Crippen molar-refractivity contribution in [3.05, 3.63) is 34.9 Å². The van der Waals surface area contributed by atoms with Crippen LogP contribution in [0.5, 0.6) is 5.75 Å². The highest BCUT2D eigenvalue weighted by atomic mass is 35.5. The Balaban J connectivity index is 2.70. The molecule has 8 heteroatoms. The molecule has 0 aliphatic carbocycles. The minimum absolute atomic E-state index is 0.122. The van der Waals surface area contributed by atoms with Gasteiger partial charge in [0.25, 0.3) is 0 Å². The van der Waals surface area contributed by atoms with E-state index >= 15 is 0 Å². The van der Waals surface area contributed by atoms with E-state index in [0.29, 0.717) is 0 Å². The van der Waals surface area contributed by atoms with Crippen molar-refractivity contribution in [1.82, 2.24) is 0 Å². The van der Waals surface area contributed by atoms with Crippen LogP contribution in [0.2, 0.25) is 5.02 Å². The van der Waals surface area contributed by atoms with E-state index in [1.54, 1.807) is 0 Å². The first-order valence-electron chi connectivity index (χ1n) is 5.26. The minimum Gasteiger partial charge on any atom is -0.478 e. The molecule has 0 fully saturated rings. The maximum Gasteiger partial charge on any atom is 0.411 e. The van der Waals surface area contributed by atoms with E-state index in [4.69, 9.17) is 21.4 Å². The summed E-state index contributed by atoms with van der Waals surface area (Å²) in [6, 6.07) is 4.44. The van der Waals surface area contributed by atoms with Gasteiger partial charge in [0, 0.05) is 11.6 Å². The van der Waals surface area contributed by atoms with Gasteiger partial charge in [0.2, 0.25) is 0 Å². The van der Waals surface area contributed by atoms with E-state index in [0.717, 1.165) is 6.08 Å². The molecule has 0 aliphatic rings. The molecule has 0 bridgehead atoms. The Morgan fingerprint density at radius 2 is 2.10 bits per heavy atom. The number of carboxylic acids is 1. The molecule has 1 aromatic carbocycles. The Morgan fingerprint density at radius 3 is 2.70 bits per heavy atom. The minimum atomic E-state index is -4.44. The Bertz CT molecular complexity index is 500. The van der Waals surface area contributed by atoms with E-state index in [2.05, 4.69) is 4.74 Å². The number of carbonyl (C=O) groups is 1. The quantitative estimate of drug-likeness (QED) is 0.497. The summed E-state index contributed by atoms with van der Waals surface area (Å²) in [4.78, 5) is 10.4. The van der Waals surface area contributed by atoms with Crippen LogP contribution >= 0.6 is 11.6 Å². The van der Waals surface area contributed by atoms with E-state index in [-0.39, 0.29) is 16.3 Å². The molecule has 1 N–H and O–H groups in total. The highest BCUT2D eigenvalue weighted by Gasteiger charge is 2.27. The predicted octanol–water partition coefficient (Wildman–Crippen LogP) is 3.35. The summed E-state index contributed by atoms with van der Waals surface area (Å²) in [6.45, 7) is -2.07. The number of benzene rings is 1. The Hall–Kier alpha value is -1.73. The number of hydrogen-bond acceptors (Lipinski definition) is 3. The molecule has 110 valence electrons. The lowest BCUT2D eigenvalue weighted by molar-refractivity contribution is -0.186. The third kappa shape index (κ3) is 5.94. The lowest BCUT2D eigenvalue weighted by Gasteiger charge is -2.11. The van der Waals surface area contributed by atoms with Gasteiger partial charge < -0.3 is 14.6 Å². The fraction of sp³-hybridized carbons (Fsp3) is 0.250. The Kier molecular flexibility index (Phi) is 5.84. The number of hydrogen-bond donors (Lipinski definition) is 1. The van der Waals surface area contributed by atoms with Gasteiger partial charge in [-0.2, -0.15) is 13.2 Å². The van der Waals surface area contributed by atoms with Crippen molar-refractivity contribution >= 4 is 23.6 Å². The molecule has 0 unspecified atom stereocenters. The van der Waals surface area contributed by atoms with Crippen molar-refractivity contribution in [2.75, 3.05) is 13.4 Å².